The summed E-state index contributed by atoms with van der Waals surface area (Å²) in [4.78, 5) is 8.92. The summed E-state index contributed by atoms with van der Waals surface area (Å²) >= 11 is 1.91. The molecular formula is C16H29N3S. The lowest BCUT2D eigenvalue weighted by Crippen LogP contribution is -2.34. The van der Waals surface area contributed by atoms with Crippen molar-refractivity contribution in [2.45, 2.75) is 66.0 Å². The Morgan fingerprint density at radius 2 is 2.10 bits per heavy atom. The number of hydrogen-bond donors (Lipinski definition) is 1. The van der Waals surface area contributed by atoms with E-state index < -0.39 is 0 Å². The first kappa shape index (κ1) is 15.8. The molecule has 2 rings (SSSR count). The molecule has 0 spiro atoms. The lowest BCUT2D eigenvalue weighted by Gasteiger charge is -2.27. The Morgan fingerprint density at radius 3 is 2.70 bits per heavy atom. The van der Waals surface area contributed by atoms with E-state index in [2.05, 4.69) is 44.8 Å². The number of nitrogens with one attached hydrogen (secondary N) is 1. The molecule has 0 amide bonds. The number of rotatable bonds is 6. The zero-order valence-electron chi connectivity index (χ0n) is 13.6. The Kier molecular flexibility index (Phi) is 5.44. The summed E-state index contributed by atoms with van der Waals surface area (Å²) in [5, 5.41) is 4.84. The number of aryl methyl sites for hydroxylation is 1. The van der Waals surface area contributed by atoms with Gasteiger partial charge in [-0.25, -0.2) is 4.98 Å². The maximum absolute atomic E-state index is 4.96. The third-order valence-corrected chi connectivity index (χ3v) is 5.07. The predicted molar refractivity (Wildman–Crippen MR) is 88.8 cm³/mol. The Labute approximate surface area is 127 Å². The number of hydrogen-bond acceptors (Lipinski definition) is 4. The van der Waals surface area contributed by atoms with E-state index in [4.69, 9.17) is 4.98 Å². The Hall–Kier alpha value is -0.610. The third-order valence-electron chi connectivity index (χ3n) is 3.82. The van der Waals surface area contributed by atoms with Gasteiger partial charge in [-0.15, -0.1) is 0 Å². The Bertz CT molecular complexity index is 425. The molecule has 4 heteroatoms. The maximum Gasteiger partial charge on any atom is 0.186 e. The van der Waals surface area contributed by atoms with Gasteiger partial charge in [-0.3, -0.25) is 0 Å². The molecule has 0 radical (unpaired) electrons. The molecule has 0 aromatic carbocycles. The van der Waals surface area contributed by atoms with Crippen LogP contribution in [0.1, 0.15) is 64.1 Å². The molecule has 1 aromatic heterocycles. The van der Waals surface area contributed by atoms with Gasteiger partial charge in [-0.2, -0.15) is 0 Å². The van der Waals surface area contributed by atoms with Gasteiger partial charge in [0.1, 0.15) is 0 Å². The molecule has 1 aromatic rings. The highest BCUT2D eigenvalue weighted by molar-refractivity contribution is 7.15. The molecule has 0 saturated heterocycles. The van der Waals surface area contributed by atoms with Crippen molar-refractivity contribution in [1.82, 2.24) is 10.3 Å². The van der Waals surface area contributed by atoms with Crippen molar-refractivity contribution >= 4 is 16.5 Å². The van der Waals surface area contributed by atoms with Gasteiger partial charge >= 0.3 is 0 Å². The number of fused-ring (bicyclic) bond motifs is 1. The van der Waals surface area contributed by atoms with Crippen LogP contribution >= 0.6 is 11.3 Å². The van der Waals surface area contributed by atoms with Gasteiger partial charge in [0, 0.05) is 23.5 Å². The minimum absolute atomic E-state index is 0.516. The summed E-state index contributed by atoms with van der Waals surface area (Å²) < 4.78 is 0. The van der Waals surface area contributed by atoms with Crippen LogP contribution < -0.4 is 10.2 Å². The highest BCUT2D eigenvalue weighted by atomic mass is 32.1. The summed E-state index contributed by atoms with van der Waals surface area (Å²) in [5.74, 6) is 0.669. The van der Waals surface area contributed by atoms with Crippen molar-refractivity contribution < 1.29 is 0 Å². The van der Waals surface area contributed by atoms with Crippen LogP contribution in [0.25, 0.3) is 0 Å². The standard InChI is InChI=1S/C16H29N3S/c1-6-17-13-8-7-9-14-15(13)20-16(18-14)19(12(4)5)10-11(2)3/h11-13,17H,6-10H2,1-5H3. The molecule has 1 aliphatic carbocycles. The van der Waals surface area contributed by atoms with Crippen molar-refractivity contribution in [2.75, 3.05) is 18.0 Å². The van der Waals surface area contributed by atoms with E-state index in [0.717, 1.165) is 19.5 Å². The third kappa shape index (κ3) is 3.53. The van der Waals surface area contributed by atoms with Crippen LogP contribution in [-0.4, -0.2) is 24.1 Å². The second kappa shape index (κ2) is 6.90. The van der Waals surface area contributed by atoms with Crippen LogP contribution in [0.15, 0.2) is 0 Å². The molecule has 1 N–H and O–H groups in total. The summed E-state index contributed by atoms with van der Waals surface area (Å²) in [6.07, 6.45) is 3.68. The van der Waals surface area contributed by atoms with Crippen molar-refractivity contribution in [3.05, 3.63) is 10.6 Å². The average Bonchev–Trinajstić information content (AvgIpc) is 2.80. The maximum atomic E-state index is 4.96. The van der Waals surface area contributed by atoms with E-state index in [1.807, 2.05) is 11.3 Å². The van der Waals surface area contributed by atoms with Gasteiger partial charge in [0.05, 0.1) is 5.69 Å². The molecule has 0 fully saturated rings. The molecule has 1 heterocycles. The van der Waals surface area contributed by atoms with E-state index >= 15 is 0 Å². The van der Waals surface area contributed by atoms with Gasteiger partial charge in [-0.1, -0.05) is 32.1 Å². The molecule has 0 saturated carbocycles. The smallest absolute Gasteiger partial charge is 0.186 e. The minimum atomic E-state index is 0.516. The van der Waals surface area contributed by atoms with Gasteiger partial charge in [-0.05, 0) is 45.6 Å². The van der Waals surface area contributed by atoms with Gasteiger partial charge in [0.25, 0.3) is 0 Å². The van der Waals surface area contributed by atoms with Gasteiger partial charge < -0.3 is 10.2 Å². The number of aromatic nitrogens is 1. The average molecular weight is 295 g/mol. The summed E-state index contributed by atoms with van der Waals surface area (Å²) in [6, 6.07) is 1.05. The Balaban J connectivity index is 2.24. The van der Waals surface area contributed by atoms with Crippen LogP contribution in [0.3, 0.4) is 0 Å². The molecule has 1 aliphatic rings. The van der Waals surface area contributed by atoms with E-state index in [-0.39, 0.29) is 0 Å². The van der Waals surface area contributed by atoms with E-state index in [1.54, 1.807) is 0 Å². The van der Waals surface area contributed by atoms with E-state index in [9.17, 15) is 0 Å². The summed E-state index contributed by atoms with van der Waals surface area (Å²) in [7, 11) is 0. The minimum Gasteiger partial charge on any atom is -0.345 e. The first-order valence-electron chi connectivity index (χ1n) is 8.02. The zero-order valence-corrected chi connectivity index (χ0v) is 14.4. The van der Waals surface area contributed by atoms with E-state index in [1.165, 1.54) is 28.5 Å². The van der Waals surface area contributed by atoms with Gasteiger partial charge in [0.2, 0.25) is 0 Å². The number of thiazole rings is 1. The summed E-state index contributed by atoms with van der Waals surface area (Å²) in [5.41, 5.74) is 1.34. The van der Waals surface area contributed by atoms with Crippen molar-refractivity contribution in [2.24, 2.45) is 5.92 Å². The second-order valence-corrected chi connectivity index (χ2v) is 7.46. The highest BCUT2D eigenvalue weighted by Crippen LogP contribution is 2.38. The van der Waals surface area contributed by atoms with Crippen molar-refractivity contribution in [3.63, 3.8) is 0 Å². The fraction of sp³-hybridized carbons (Fsp3) is 0.812. The lowest BCUT2D eigenvalue weighted by atomic mass is 9.98. The lowest BCUT2D eigenvalue weighted by molar-refractivity contribution is 0.476. The molecule has 114 valence electrons. The van der Waals surface area contributed by atoms with Crippen LogP contribution in [0.2, 0.25) is 0 Å². The molecule has 1 unspecified atom stereocenters. The van der Waals surface area contributed by atoms with Crippen molar-refractivity contribution in [1.29, 1.82) is 0 Å². The largest absolute Gasteiger partial charge is 0.345 e. The monoisotopic (exact) mass is 295 g/mol. The van der Waals surface area contributed by atoms with Crippen LogP contribution in [0.5, 0.6) is 0 Å². The quantitative estimate of drug-likeness (QED) is 0.860. The van der Waals surface area contributed by atoms with Gasteiger partial charge in [0.15, 0.2) is 5.13 Å². The summed E-state index contributed by atoms with van der Waals surface area (Å²) in [6.45, 7) is 13.4. The predicted octanol–water partition coefficient (Wildman–Crippen LogP) is 4.00. The first-order chi connectivity index (χ1) is 9.52. The first-order valence-corrected chi connectivity index (χ1v) is 8.84. The highest BCUT2D eigenvalue weighted by Gasteiger charge is 2.26. The van der Waals surface area contributed by atoms with E-state index in [0.29, 0.717) is 18.0 Å². The topological polar surface area (TPSA) is 28.2 Å². The molecule has 3 nitrogen and oxygen atoms in total. The number of nitrogens with zero attached hydrogens (tertiary/aromatic N) is 2. The second-order valence-electron chi connectivity index (χ2n) is 6.45. The zero-order chi connectivity index (χ0) is 14.7. The van der Waals surface area contributed by atoms with Crippen molar-refractivity contribution in [3.8, 4) is 0 Å². The van der Waals surface area contributed by atoms with Crippen LogP contribution in [-0.2, 0) is 6.42 Å². The fourth-order valence-corrected chi connectivity index (χ4v) is 4.24. The SMILES string of the molecule is CCNC1CCCc2nc(N(CC(C)C)C(C)C)sc21. The van der Waals surface area contributed by atoms with Crippen LogP contribution in [0.4, 0.5) is 5.13 Å². The molecular weight excluding hydrogens is 266 g/mol. The molecule has 20 heavy (non-hydrogen) atoms. The number of anilines is 1. The molecule has 0 aliphatic heterocycles. The fourth-order valence-electron chi connectivity index (χ4n) is 2.87. The molecule has 0 bridgehead atoms. The Morgan fingerprint density at radius 1 is 1.35 bits per heavy atom. The normalized spacial score (nSPS) is 18.6. The molecule has 1 atom stereocenters. The van der Waals surface area contributed by atoms with Crippen LogP contribution in [0, 0.1) is 5.92 Å².